The summed E-state index contributed by atoms with van der Waals surface area (Å²) in [7, 11) is 0. The highest BCUT2D eigenvalue weighted by Crippen LogP contribution is 2.21. The van der Waals surface area contributed by atoms with Gasteiger partial charge in [-0.05, 0) is 51.4 Å². The second kappa shape index (κ2) is 7.01. The molecule has 1 fully saturated rings. The smallest absolute Gasteiger partial charge is 0.410 e. The number of amides is 1. The van der Waals surface area contributed by atoms with Crippen LogP contribution in [0.2, 0.25) is 0 Å². The molecule has 1 atom stereocenters. The van der Waals surface area contributed by atoms with E-state index in [1.165, 1.54) is 5.56 Å². The Morgan fingerprint density at radius 2 is 2.00 bits per heavy atom. The molecular formula is C17H26N2O3. The number of ether oxygens (including phenoxy) is 2. The molecule has 0 radical (unpaired) electrons. The van der Waals surface area contributed by atoms with E-state index in [2.05, 4.69) is 0 Å². The minimum absolute atomic E-state index is 0.0212. The second-order valence-electron chi connectivity index (χ2n) is 6.64. The molecule has 1 saturated heterocycles. The zero-order chi connectivity index (χ0) is 16.2. The Hall–Kier alpha value is -1.75. The topological polar surface area (TPSA) is 64.8 Å². The van der Waals surface area contributed by atoms with Crippen LogP contribution in [0.1, 0.15) is 32.8 Å². The molecule has 0 aromatic heterocycles. The van der Waals surface area contributed by atoms with E-state index in [4.69, 9.17) is 15.2 Å². The molecular weight excluding hydrogens is 280 g/mol. The average Bonchev–Trinajstić information content (AvgIpc) is 2.88. The van der Waals surface area contributed by atoms with Gasteiger partial charge in [-0.2, -0.15) is 0 Å². The van der Waals surface area contributed by atoms with Crippen molar-refractivity contribution in [3.63, 3.8) is 0 Å². The van der Waals surface area contributed by atoms with Crippen LogP contribution in [0.4, 0.5) is 4.79 Å². The summed E-state index contributed by atoms with van der Waals surface area (Å²) in [4.78, 5) is 13.7. The molecule has 1 aromatic carbocycles. The lowest BCUT2D eigenvalue weighted by molar-refractivity contribution is 0.0275. The van der Waals surface area contributed by atoms with Gasteiger partial charge >= 0.3 is 6.09 Å². The van der Waals surface area contributed by atoms with E-state index in [1.54, 1.807) is 4.90 Å². The third-order valence-corrected chi connectivity index (χ3v) is 3.46. The highest BCUT2D eigenvalue weighted by Gasteiger charge is 2.30. The number of rotatable bonds is 4. The van der Waals surface area contributed by atoms with Gasteiger partial charge in [0.25, 0.3) is 0 Å². The van der Waals surface area contributed by atoms with Crippen LogP contribution < -0.4 is 10.5 Å². The Labute approximate surface area is 132 Å². The Morgan fingerprint density at radius 3 is 2.59 bits per heavy atom. The van der Waals surface area contributed by atoms with E-state index in [-0.39, 0.29) is 12.2 Å². The molecule has 2 N–H and O–H groups in total. The number of benzene rings is 1. The summed E-state index contributed by atoms with van der Waals surface area (Å²) in [5.41, 5.74) is 6.28. The molecule has 0 unspecified atom stereocenters. The van der Waals surface area contributed by atoms with Gasteiger partial charge < -0.3 is 20.1 Å². The van der Waals surface area contributed by atoms with Crippen molar-refractivity contribution in [2.75, 3.05) is 19.6 Å². The summed E-state index contributed by atoms with van der Waals surface area (Å²) >= 11 is 0. The lowest BCUT2D eigenvalue weighted by Gasteiger charge is -2.24. The fourth-order valence-electron chi connectivity index (χ4n) is 2.41. The Balaban J connectivity index is 1.84. The van der Waals surface area contributed by atoms with Gasteiger partial charge in [-0.15, -0.1) is 0 Å². The number of nitrogens with zero attached hydrogens (tertiary/aromatic N) is 1. The largest absolute Gasteiger partial charge is 0.489 e. The minimum atomic E-state index is -0.463. The summed E-state index contributed by atoms with van der Waals surface area (Å²) in [6.07, 6.45) is 1.45. The minimum Gasteiger partial charge on any atom is -0.489 e. The van der Waals surface area contributed by atoms with Crippen molar-refractivity contribution in [2.24, 2.45) is 5.73 Å². The lowest BCUT2D eigenvalue weighted by atomic mass is 10.1. The number of carbonyl (C=O) groups excluding carboxylic acids is 1. The van der Waals surface area contributed by atoms with Crippen LogP contribution in [-0.4, -0.2) is 42.3 Å². The maximum absolute atomic E-state index is 12.0. The van der Waals surface area contributed by atoms with E-state index in [0.29, 0.717) is 19.6 Å². The predicted molar refractivity (Wildman–Crippen MR) is 86.0 cm³/mol. The molecule has 0 aliphatic carbocycles. The lowest BCUT2D eigenvalue weighted by Crippen LogP contribution is -2.36. The van der Waals surface area contributed by atoms with Crippen LogP contribution in [-0.2, 0) is 11.2 Å². The fraction of sp³-hybridized carbons (Fsp3) is 0.588. The number of hydrogen-bond acceptors (Lipinski definition) is 4. The van der Waals surface area contributed by atoms with E-state index in [0.717, 1.165) is 18.6 Å². The molecule has 5 heteroatoms. The summed E-state index contributed by atoms with van der Waals surface area (Å²) in [5, 5.41) is 0. The van der Waals surface area contributed by atoms with Crippen molar-refractivity contribution in [3.05, 3.63) is 29.8 Å². The first-order valence-electron chi connectivity index (χ1n) is 7.81. The van der Waals surface area contributed by atoms with Gasteiger partial charge in [-0.1, -0.05) is 12.1 Å². The highest BCUT2D eigenvalue weighted by atomic mass is 16.6. The van der Waals surface area contributed by atoms with E-state index in [9.17, 15) is 4.79 Å². The number of carbonyl (C=O) groups is 1. The zero-order valence-electron chi connectivity index (χ0n) is 13.7. The summed E-state index contributed by atoms with van der Waals surface area (Å²) in [6.45, 7) is 7.51. The predicted octanol–water partition coefficient (Wildman–Crippen LogP) is 2.58. The molecule has 1 aliphatic rings. The van der Waals surface area contributed by atoms with Crippen LogP contribution in [0, 0.1) is 0 Å². The molecule has 2 rings (SSSR count). The van der Waals surface area contributed by atoms with Gasteiger partial charge in [0.15, 0.2) is 0 Å². The quantitative estimate of drug-likeness (QED) is 0.928. The first kappa shape index (κ1) is 16.6. The highest BCUT2D eigenvalue weighted by molar-refractivity contribution is 5.68. The van der Waals surface area contributed by atoms with Crippen LogP contribution in [0.15, 0.2) is 24.3 Å². The molecule has 22 heavy (non-hydrogen) atoms. The van der Waals surface area contributed by atoms with Crippen LogP contribution in [0.5, 0.6) is 5.75 Å². The van der Waals surface area contributed by atoms with Crippen LogP contribution in [0.25, 0.3) is 0 Å². The summed E-state index contributed by atoms with van der Waals surface area (Å²) in [6, 6.07) is 7.98. The number of nitrogens with two attached hydrogens (primary N) is 1. The first-order chi connectivity index (χ1) is 10.4. The van der Waals surface area contributed by atoms with Gasteiger partial charge in [0.05, 0.1) is 6.54 Å². The van der Waals surface area contributed by atoms with E-state index < -0.39 is 5.60 Å². The standard InChI is InChI=1S/C17H26N2O3/c1-17(2,3)22-16(20)19-11-9-15(12-19)21-14-6-4-13(5-7-14)8-10-18/h4-7,15H,8-12,18H2,1-3H3/t15-/m0/s1. The van der Waals surface area contributed by atoms with Crippen molar-refractivity contribution < 1.29 is 14.3 Å². The second-order valence-corrected chi connectivity index (χ2v) is 6.64. The summed E-state index contributed by atoms with van der Waals surface area (Å²) in [5.74, 6) is 0.830. The molecule has 1 heterocycles. The van der Waals surface area contributed by atoms with Crippen molar-refractivity contribution in [1.82, 2.24) is 4.90 Å². The van der Waals surface area contributed by atoms with Gasteiger partial charge in [0.1, 0.15) is 17.5 Å². The first-order valence-corrected chi connectivity index (χ1v) is 7.81. The SMILES string of the molecule is CC(C)(C)OC(=O)N1CC[C@H](Oc2ccc(CCN)cc2)C1. The molecule has 5 nitrogen and oxygen atoms in total. The molecule has 1 aromatic rings. The molecule has 122 valence electrons. The fourth-order valence-corrected chi connectivity index (χ4v) is 2.41. The Kier molecular flexibility index (Phi) is 5.29. The van der Waals surface area contributed by atoms with Gasteiger partial charge in [0, 0.05) is 13.0 Å². The van der Waals surface area contributed by atoms with Gasteiger partial charge in [-0.3, -0.25) is 0 Å². The molecule has 1 amide bonds. The van der Waals surface area contributed by atoms with Crippen molar-refractivity contribution >= 4 is 6.09 Å². The normalized spacial score (nSPS) is 18.4. The third-order valence-electron chi connectivity index (χ3n) is 3.46. The number of hydrogen-bond donors (Lipinski definition) is 1. The van der Waals surface area contributed by atoms with Gasteiger partial charge in [0.2, 0.25) is 0 Å². The summed E-state index contributed by atoms with van der Waals surface area (Å²) < 4.78 is 11.3. The maximum atomic E-state index is 12.0. The molecule has 1 aliphatic heterocycles. The van der Waals surface area contributed by atoms with Crippen molar-refractivity contribution in [2.45, 2.75) is 45.3 Å². The van der Waals surface area contributed by atoms with Crippen molar-refractivity contribution in [1.29, 1.82) is 0 Å². The zero-order valence-corrected chi connectivity index (χ0v) is 13.7. The third kappa shape index (κ3) is 4.91. The van der Waals surface area contributed by atoms with Gasteiger partial charge in [-0.25, -0.2) is 4.79 Å². The number of likely N-dealkylation sites (tertiary alicyclic amines) is 1. The molecule has 0 bridgehead atoms. The van der Waals surface area contributed by atoms with E-state index in [1.807, 2.05) is 45.0 Å². The van der Waals surface area contributed by atoms with E-state index >= 15 is 0 Å². The van der Waals surface area contributed by atoms with Crippen LogP contribution in [0.3, 0.4) is 0 Å². The monoisotopic (exact) mass is 306 g/mol. The Morgan fingerprint density at radius 1 is 1.32 bits per heavy atom. The maximum Gasteiger partial charge on any atom is 0.410 e. The van der Waals surface area contributed by atoms with Crippen LogP contribution >= 0.6 is 0 Å². The average molecular weight is 306 g/mol. The van der Waals surface area contributed by atoms with Crippen molar-refractivity contribution in [3.8, 4) is 5.75 Å². The Bertz CT molecular complexity index is 494. The molecule has 0 spiro atoms. The molecule has 0 saturated carbocycles.